The van der Waals surface area contributed by atoms with Crippen molar-refractivity contribution in [3.63, 3.8) is 0 Å². The van der Waals surface area contributed by atoms with Gasteiger partial charge in [0, 0.05) is 38.9 Å². The van der Waals surface area contributed by atoms with E-state index in [4.69, 9.17) is 4.42 Å². The normalized spacial score (nSPS) is 14.6. The number of aryl methyl sites for hydroxylation is 2. The first-order chi connectivity index (χ1) is 14.0. The van der Waals surface area contributed by atoms with Gasteiger partial charge in [-0.05, 0) is 31.5 Å². The van der Waals surface area contributed by atoms with Gasteiger partial charge in [-0.2, -0.15) is 0 Å². The van der Waals surface area contributed by atoms with Crippen LogP contribution < -0.4 is 10.5 Å². The van der Waals surface area contributed by atoms with E-state index in [0.29, 0.717) is 60.7 Å². The van der Waals surface area contributed by atoms with Crippen LogP contribution in [0.2, 0.25) is 0 Å². The van der Waals surface area contributed by atoms with Crippen molar-refractivity contribution in [1.29, 1.82) is 0 Å². The number of hydrogen-bond acceptors (Lipinski definition) is 4. The van der Waals surface area contributed by atoms with E-state index < -0.39 is 0 Å². The van der Waals surface area contributed by atoms with E-state index in [1.54, 1.807) is 46.9 Å². The maximum atomic E-state index is 14.1. The summed E-state index contributed by atoms with van der Waals surface area (Å²) in [5.74, 6) is -0.0194. The minimum atomic E-state index is -0.263. The Hall–Kier alpha value is -3.09. The van der Waals surface area contributed by atoms with Gasteiger partial charge in [0.25, 0.3) is 11.5 Å². The number of amides is 1. The van der Waals surface area contributed by atoms with Crippen molar-refractivity contribution in [1.82, 2.24) is 9.47 Å². The summed E-state index contributed by atoms with van der Waals surface area (Å²) in [7, 11) is 0. The van der Waals surface area contributed by atoms with E-state index >= 15 is 0 Å². The smallest absolute Gasteiger partial charge is 0.262 e. The van der Waals surface area contributed by atoms with Crippen LogP contribution in [0.3, 0.4) is 0 Å². The number of fused-ring (bicyclic) bond motifs is 1. The Kier molecular flexibility index (Phi) is 5.13. The fraction of sp³-hybridized carbons (Fsp3) is 0.364. The molecular weight excluding hydrogens is 373 g/mol. The summed E-state index contributed by atoms with van der Waals surface area (Å²) in [6.07, 6.45) is 2.53. The quantitative estimate of drug-likeness (QED) is 0.677. The molecule has 0 N–H and O–H groups in total. The topological polar surface area (TPSA) is 58.7 Å². The lowest BCUT2D eigenvalue weighted by Gasteiger charge is -2.36. The van der Waals surface area contributed by atoms with Crippen LogP contribution in [0.4, 0.5) is 10.1 Å². The zero-order valence-corrected chi connectivity index (χ0v) is 16.7. The monoisotopic (exact) mass is 397 g/mol. The minimum absolute atomic E-state index is 0.199. The number of pyridine rings is 1. The first-order valence-corrected chi connectivity index (χ1v) is 9.92. The van der Waals surface area contributed by atoms with E-state index in [2.05, 4.69) is 0 Å². The number of benzene rings is 1. The maximum absolute atomic E-state index is 14.1. The zero-order valence-electron chi connectivity index (χ0n) is 16.7. The molecule has 0 bridgehead atoms. The van der Waals surface area contributed by atoms with E-state index in [1.165, 1.54) is 6.07 Å². The summed E-state index contributed by atoms with van der Waals surface area (Å²) < 4.78 is 21.4. The van der Waals surface area contributed by atoms with Gasteiger partial charge in [0.05, 0.1) is 16.6 Å². The molecule has 1 aliphatic heterocycles. The van der Waals surface area contributed by atoms with Crippen molar-refractivity contribution >= 4 is 22.6 Å². The van der Waals surface area contributed by atoms with Crippen LogP contribution in [-0.4, -0.2) is 41.6 Å². The van der Waals surface area contributed by atoms with Crippen LogP contribution in [0.5, 0.6) is 0 Å². The SMILES string of the molecule is CCCn1ccc2oc(C)c(C(=O)N3CCN(c4ccccc4F)CC3)c2c1=O. The fourth-order valence-electron chi connectivity index (χ4n) is 3.96. The third-order valence-electron chi connectivity index (χ3n) is 5.43. The summed E-state index contributed by atoms with van der Waals surface area (Å²) in [6.45, 7) is 6.27. The van der Waals surface area contributed by atoms with Gasteiger partial charge in [0.15, 0.2) is 0 Å². The number of piperazine rings is 1. The Morgan fingerprint density at radius 2 is 1.86 bits per heavy atom. The molecule has 152 valence electrons. The number of nitrogens with zero attached hydrogens (tertiary/aromatic N) is 3. The predicted molar refractivity (Wildman–Crippen MR) is 110 cm³/mol. The summed E-state index contributed by atoms with van der Waals surface area (Å²) in [5.41, 5.74) is 1.13. The van der Waals surface area contributed by atoms with Crippen molar-refractivity contribution < 1.29 is 13.6 Å². The second-order valence-electron chi connectivity index (χ2n) is 7.32. The number of halogens is 1. The van der Waals surface area contributed by atoms with Gasteiger partial charge >= 0.3 is 0 Å². The van der Waals surface area contributed by atoms with Gasteiger partial charge in [0.2, 0.25) is 0 Å². The van der Waals surface area contributed by atoms with Crippen molar-refractivity contribution in [2.75, 3.05) is 31.1 Å². The lowest BCUT2D eigenvalue weighted by Crippen LogP contribution is -2.49. The Morgan fingerprint density at radius 1 is 1.14 bits per heavy atom. The molecule has 2 aromatic heterocycles. The molecule has 7 heteroatoms. The second kappa shape index (κ2) is 7.73. The molecular formula is C22H24FN3O3. The lowest BCUT2D eigenvalue weighted by molar-refractivity contribution is 0.0746. The van der Waals surface area contributed by atoms with Crippen LogP contribution >= 0.6 is 0 Å². The van der Waals surface area contributed by atoms with Gasteiger partial charge in [0.1, 0.15) is 17.2 Å². The van der Waals surface area contributed by atoms with Gasteiger partial charge in [-0.15, -0.1) is 0 Å². The highest BCUT2D eigenvalue weighted by Gasteiger charge is 2.29. The number of carbonyl (C=O) groups is 1. The molecule has 0 saturated carbocycles. The molecule has 1 amide bonds. The van der Waals surface area contributed by atoms with Gasteiger partial charge in [-0.3, -0.25) is 9.59 Å². The average Bonchev–Trinajstić information content (AvgIpc) is 3.07. The Morgan fingerprint density at radius 3 is 2.55 bits per heavy atom. The summed E-state index contributed by atoms with van der Waals surface area (Å²) in [6, 6.07) is 8.40. The molecule has 0 atom stereocenters. The standard InChI is InChI=1S/C22H24FN3O3/c1-3-9-25-10-8-18-20(22(25)28)19(15(2)29-18)21(27)26-13-11-24(12-14-26)17-7-5-4-6-16(17)23/h4-8,10H,3,9,11-14H2,1-2H3. The zero-order chi connectivity index (χ0) is 20.5. The number of carbonyl (C=O) groups excluding carboxylic acids is 1. The Bertz CT molecular complexity index is 1110. The average molecular weight is 397 g/mol. The van der Waals surface area contributed by atoms with Crippen LogP contribution in [0.1, 0.15) is 29.5 Å². The van der Waals surface area contributed by atoms with Crippen LogP contribution in [-0.2, 0) is 6.54 Å². The Labute approximate surface area is 168 Å². The highest BCUT2D eigenvalue weighted by atomic mass is 19.1. The molecule has 0 unspecified atom stereocenters. The lowest BCUT2D eigenvalue weighted by atomic mass is 10.1. The predicted octanol–water partition coefficient (Wildman–Crippen LogP) is 3.41. The third kappa shape index (κ3) is 3.41. The number of hydrogen-bond donors (Lipinski definition) is 0. The molecule has 1 fully saturated rings. The highest BCUT2D eigenvalue weighted by molar-refractivity contribution is 6.07. The molecule has 1 saturated heterocycles. The molecule has 4 rings (SSSR count). The van der Waals surface area contributed by atoms with Crippen molar-refractivity contribution in [3.05, 3.63) is 64.0 Å². The molecule has 6 nitrogen and oxygen atoms in total. The largest absolute Gasteiger partial charge is 0.460 e. The first-order valence-electron chi connectivity index (χ1n) is 9.92. The Balaban J connectivity index is 1.60. The number of para-hydroxylation sites is 1. The number of furan rings is 1. The molecule has 3 heterocycles. The van der Waals surface area contributed by atoms with E-state index in [9.17, 15) is 14.0 Å². The minimum Gasteiger partial charge on any atom is -0.460 e. The molecule has 0 spiro atoms. The second-order valence-corrected chi connectivity index (χ2v) is 7.32. The van der Waals surface area contributed by atoms with E-state index in [1.807, 2.05) is 11.8 Å². The number of rotatable bonds is 4. The highest BCUT2D eigenvalue weighted by Crippen LogP contribution is 2.26. The van der Waals surface area contributed by atoms with E-state index in [0.717, 1.165) is 6.42 Å². The van der Waals surface area contributed by atoms with Crippen LogP contribution in [0.15, 0.2) is 45.7 Å². The summed E-state index contributed by atoms with van der Waals surface area (Å²) >= 11 is 0. The van der Waals surface area contributed by atoms with Gasteiger partial charge in [-0.25, -0.2) is 4.39 Å². The molecule has 1 aliphatic rings. The number of aromatic nitrogens is 1. The molecule has 1 aromatic carbocycles. The van der Waals surface area contributed by atoms with Crippen LogP contribution in [0.25, 0.3) is 11.0 Å². The maximum Gasteiger partial charge on any atom is 0.262 e. The summed E-state index contributed by atoms with van der Waals surface area (Å²) in [5, 5.41) is 0.347. The third-order valence-corrected chi connectivity index (χ3v) is 5.43. The van der Waals surface area contributed by atoms with Crippen LogP contribution in [0, 0.1) is 12.7 Å². The van der Waals surface area contributed by atoms with E-state index in [-0.39, 0.29) is 17.3 Å². The fourth-order valence-corrected chi connectivity index (χ4v) is 3.96. The van der Waals surface area contributed by atoms with Gasteiger partial charge in [-0.1, -0.05) is 19.1 Å². The molecule has 0 aliphatic carbocycles. The van der Waals surface area contributed by atoms with Crippen molar-refractivity contribution in [2.45, 2.75) is 26.8 Å². The van der Waals surface area contributed by atoms with Gasteiger partial charge < -0.3 is 18.8 Å². The van der Waals surface area contributed by atoms with Crippen molar-refractivity contribution in [2.24, 2.45) is 0 Å². The number of anilines is 1. The first kappa shape index (κ1) is 19.2. The molecule has 0 radical (unpaired) electrons. The molecule has 29 heavy (non-hydrogen) atoms. The van der Waals surface area contributed by atoms with Crippen molar-refractivity contribution in [3.8, 4) is 0 Å². The molecule has 3 aromatic rings. The summed E-state index contributed by atoms with van der Waals surface area (Å²) in [4.78, 5) is 29.8.